The molecule has 1 atom stereocenters. The smallest absolute Gasteiger partial charge is 0.0959 e. The van der Waals surface area contributed by atoms with Gasteiger partial charge >= 0.3 is 0 Å². The van der Waals surface area contributed by atoms with Gasteiger partial charge in [0.25, 0.3) is 0 Å². The van der Waals surface area contributed by atoms with E-state index >= 15 is 0 Å². The molecule has 0 saturated heterocycles. The first-order valence-electron chi connectivity index (χ1n) is 12.6. The number of hydrogen-bond acceptors (Lipinski definition) is 2. The highest BCUT2D eigenvalue weighted by atomic mass is 15.4. The Hall–Kier alpha value is -2.22. The van der Waals surface area contributed by atoms with Crippen LogP contribution >= 0.6 is 0 Å². The lowest BCUT2D eigenvalue weighted by Gasteiger charge is -2.49. The van der Waals surface area contributed by atoms with Gasteiger partial charge in [-0.1, -0.05) is 68.1 Å². The van der Waals surface area contributed by atoms with Gasteiger partial charge in [0.2, 0.25) is 0 Å². The molecule has 2 fully saturated rings. The lowest BCUT2D eigenvalue weighted by molar-refractivity contribution is 0.0376. The molecule has 0 aromatic heterocycles. The van der Waals surface area contributed by atoms with Crippen LogP contribution in [0, 0.1) is 18.8 Å². The molecule has 2 aromatic carbocycles. The van der Waals surface area contributed by atoms with Gasteiger partial charge in [-0.2, -0.15) is 0 Å². The minimum Gasteiger partial charge on any atom is -0.341 e. The normalized spacial score (nSPS) is 26.5. The molecule has 2 heterocycles. The Morgan fingerprint density at radius 3 is 2.10 bits per heavy atom. The van der Waals surface area contributed by atoms with Crippen molar-refractivity contribution in [3.05, 3.63) is 70.9 Å². The topological polar surface area (TPSA) is 6.48 Å². The number of anilines is 1. The van der Waals surface area contributed by atoms with E-state index in [1.807, 2.05) is 0 Å². The second kappa shape index (κ2) is 6.90. The number of nitrogens with zero attached hydrogens (tertiary/aromatic N) is 2. The van der Waals surface area contributed by atoms with Crippen molar-refractivity contribution in [1.82, 2.24) is 4.90 Å². The number of para-hydroxylation sites is 1. The lowest BCUT2D eigenvalue weighted by Crippen LogP contribution is -2.52. The van der Waals surface area contributed by atoms with Crippen molar-refractivity contribution in [3.8, 4) is 0 Å². The van der Waals surface area contributed by atoms with Gasteiger partial charge in [0.1, 0.15) is 0 Å². The van der Waals surface area contributed by atoms with Gasteiger partial charge in [-0.15, -0.1) is 0 Å². The van der Waals surface area contributed by atoms with Gasteiger partial charge < -0.3 is 9.80 Å². The molecule has 0 N–H and O–H groups in total. The van der Waals surface area contributed by atoms with Crippen molar-refractivity contribution in [2.75, 3.05) is 11.5 Å². The zero-order valence-electron chi connectivity index (χ0n) is 19.4. The van der Waals surface area contributed by atoms with Crippen molar-refractivity contribution >= 4 is 11.4 Å². The molecular weight excluding hydrogens is 364 g/mol. The maximum absolute atomic E-state index is 9.65. The summed E-state index contributed by atoms with van der Waals surface area (Å²) >= 11 is 0. The Bertz CT molecular complexity index is 1010. The zero-order valence-corrected chi connectivity index (χ0v) is 18.4. The van der Waals surface area contributed by atoms with Crippen LogP contribution in [-0.4, -0.2) is 11.5 Å². The predicted octanol–water partition coefficient (Wildman–Crippen LogP) is 7.05. The molecule has 6 rings (SSSR count). The molecule has 2 aliphatic heterocycles. The summed E-state index contributed by atoms with van der Waals surface area (Å²) in [6, 6.07) is 17.8. The summed E-state index contributed by atoms with van der Waals surface area (Å²) in [6.45, 7) is 4.03. The van der Waals surface area contributed by atoms with E-state index in [0.717, 1.165) is 0 Å². The van der Waals surface area contributed by atoms with E-state index in [1.54, 1.807) is 0 Å². The second-order valence-electron chi connectivity index (χ2n) is 9.91. The monoisotopic (exact) mass is 399 g/mol. The van der Waals surface area contributed by atoms with Crippen LogP contribution in [0.3, 0.4) is 0 Å². The van der Waals surface area contributed by atoms with E-state index in [-0.39, 0.29) is 5.54 Å². The molecule has 156 valence electrons. The molecule has 2 aromatic rings. The number of rotatable bonds is 3. The van der Waals surface area contributed by atoms with Gasteiger partial charge in [0.15, 0.2) is 0 Å². The maximum atomic E-state index is 9.65. The zero-order chi connectivity index (χ0) is 21.2. The lowest BCUT2D eigenvalue weighted by atomic mass is 9.67. The Labute approximate surface area is 183 Å². The van der Waals surface area contributed by atoms with E-state index < -0.39 is 6.64 Å². The molecule has 0 amide bonds. The summed E-state index contributed by atoms with van der Waals surface area (Å²) in [5, 5.41) is 0. The summed E-state index contributed by atoms with van der Waals surface area (Å²) in [6.07, 6.45) is 10.6. The highest BCUT2D eigenvalue weighted by Crippen LogP contribution is 2.62. The molecule has 2 saturated carbocycles. The molecule has 0 spiro atoms. The van der Waals surface area contributed by atoms with Gasteiger partial charge in [0, 0.05) is 16.9 Å². The van der Waals surface area contributed by atoms with Crippen LogP contribution in [0.15, 0.2) is 54.2 Å². The molecule has 30 heavy (non-hydrogen) atoms. The van der Waals surface area contributed by atoms with Gasteiger partial charge in [0.05, 0.1) is 19.3 Å². The highest BCUT2D eigenvalue weighted by molar-refractivity contribution is 5.82. The number of allylic oxidation sites excluding steroid dienone is 1. The minimum absolute atomic E-state index is 0.00988. The average molecular weight is 400 g/mol. The molecule has 4 aliphatic rings. The molecule has 1 unspecified atom stereocenters. The molecular formula is C28H34N2. The Kier molecular flexibility index (Phi) is 4.02. The molecule has 2 heteroatoms. The molecule has 0 radical (unpaired) electrons. The third-order valence-corrected chi connectivity index (χ3v) is 8.52. The van der Waals surface area contributed by atoms with E-state index in [1.165, 1.54) is 85.1 Å². The average Bonchev–Trinajstić information content (AvgIpc) is 3.56. The summed E-state index contributed by atoms with van der Waals surface area (Å²) in [7, 11) is 0. The van der Waals surface area contributed by atoms with Crippen molar-refractivity contribution in [1.29, 1.82) is 0 Å². The van der Waals surface area contributed by atoms with Gasteiger partial charge in [-0.3, -0.25) is 0 Å². The second-order valence-corrected chi connectivity index (χ2v) is 9.91. The first-order chi connectivity index (χ1) is 15.2. The number of fused-ring (bicyclic) bond motifs is 3. The third-order valence-electron chi connectivity index (χ3n) is 8.52. The quantitative estimate of drug-likeness (QED) is 0.545. The maximum Gasteiger partial charge on any atom is 0.0959 e. The van der Waals surface area contributed by atoms with Crippen LogP contribution in [-0.2, 0) is 5.54 Å². The van der Waals surface area contributed by atoms with Crippen molar-refractivity contribution < 1.29 is 1.37 Å². The Morgan fingerprint density at radius 1 is 0.833 bits per heavy atom. The fourth-order valence-corrected chi connectivity index (χ4v) is 7.30. The SMILES string of the molecule is [2H]C1N(c2ccccc2C)C(C)=C2c3ccccc3C(C3CCCC3)(C3CCCC3)N21. The van der Waals surface area contributed by atoms with Crippen LogP contribution in [0.4, 0.5) is 5.69 Å². The summed E-state index contributed by atoms with van der Waals surface area (Å²) in [5.74, 6) is 1.32. The third kappa shape index (κ3) is 2.37. The predicted molar refractivity (Wildman–Crippen MR) is 125 cm³/mol. The number of aryl methyl sites for hydroxylation is 1. The minimum atomic E-state index is -0.398. The first kappa shape index (κ1) is 17.5. The Morgan fingerprint density at radius 2 is 1.43 bits per heavy atom. The summed E-state index contributed by atoms with van der Waals surface area (Å²) in [5.41, 5.74) is 7.94. The van der Waals surface area contributed by atoms with Crippen LogP contribution in [0.2, 0.25) is 0 Å². The Balaban J connectivity index is 1.60. The van der Waals surface area contributed by atoms with Crippen LogP contribution in [0.25, 0.3) is 5.70 Å². The standard InChI is InChI=1S/C28H34N2/c1-20-11-3-10-18-26(20)29-19-30-27(21(29)2)24-16-8-9-17-25(24)28(30,22-12-4-5-13-22)23-14-6-7-15-23/h3,8-11,16-18,22-23H,4-7,12-15,19H2,1-2H3/i19D. The van der Waals surface area contributed by atoms with Crippen molar-refractivity contribution in [2.45, 2.75) is 70.8 Å². The highest BCUT2D eigenvalue weighted by Gasteiger charge is 2.59. The van der Waals surface area contributed by atoms with Gasteiger partial charge in [-0.25, -0.2) is 0 Å². The van der Waals surface area contributed by atoms with Crippen molar-refractivity contribution in [3.63, 3.8) is 0 Å². The molecule has 0 bridgehead atoms. The van der Waals surface area contributed by atoms with Crippen LogP contribution in [0.1, 0.15) is 76.4 Å². The summed E-state index contributed by atoms with van der Waals surface area (Å²) < 4.78 is 9.65. The number of benzene rings is 2. The van der Waals surface area contributed by atoms with Crippen molar-refractivity contribution in [2.24, 2.45) is 11.8 Å². The number of hydrogen-bond donors (Lipinski definition) is 0. The van der Waals surface area contributed by atoms with E-state index in [9.17, 15) is 1.37 Å². The van der Waals surface area contributed by atoms with E-state index in [4.69, 9.17) is 0 Å². The fourth-order valence-electron chi connectivity index (χ4n) is 7.30. The largest absolute Gasteiger partial charge is 0.341 e. The van der Waals surface area contributed by atoms with Crippen LogP contribution in [0.5, 0.6) is 0 Å². The molecule has 2 nitrogen and oxygen atoms in total. The molecule has 2 aliphatic carbocycles. The summed E-state index contributed by atoms with van der Waals surface area (Å²) in [4.78, 5) is 4.91. The first-order valence-corrected chi connectivity index (χ1v) is 12.0. The van der Waals surface area contributed by atoms with E-state index in [2.05, 4.69) is 72.2 Å². The van der Waals surface area contributed by atoms with Gasteiger partial charge in [-0.05, 0) is 68.6 Å². The van der Waals surface area contributed by atoms with Crippen LogP contribution < -0.4 is 4.90 Å². The fraction of sp³-hybridized carbons (Fsp3) is 0.500. The van der Waals surface area contributed by atoms with E-state index in [0.29, 0.717) is 11.8 Å².